The molecule has 3 heterocycles. The van der Waals surface area contributed by atoms with E-state index in [9.17, 15) is 14.4 Å². The van der Waals surface area contributed by atoms with Crippen LogP contribution < -0.4 is 10.3 Å². The quantitative estimate of drug-likeness (QED) is 0.0543. The fourth-order valence-electron chi connectivity index (χ4n) is 7.93. The lowest BCUT2D eigenvalue weighted by Gasteiger charge is -2.33. The topological polar surface area (TPSA) is 77.8 Å². The van der Waals surface area contributed by atoms with Crippen LogP contribution in [0.25, 0.3) is 16.5 Å². The summed E-state index contributed by atoms with van der Waals surface area (Å²) < 4.78 is 13.6. The average Bonchev–Trinajstić information content (AvgIpc) is 3.63. The van der Waals surface area contributed by atoms with E-state index in [1.165, 1.54) is 75.5 Å². The van der Waals surface area contributed by atoms with E-state index in [1.54, 1.807) is 10.8 Å². The van der Waals surface area contributed by atoms with Gasteiger partial charge in [0.05, 0.1) is 12.5 Å². The predicted molar refractivity (Wildman–Crippen MR) is 233 cm³/mol. The standard InChI is InChI=1S/C48H57ClN2O5S/c1-3-5-6-7-8-9-10-11-12-13-14-19-32-55-48(54)45(41-22-17-18-23-42(41)49)50-30-29-43-37(34-50)33-44(57-43)56-47(53)39(4-2)36-24-26-38(27-25-36)51-31-28-35-20-15-16-21-40(35)46(51)52/h15-18,20-28,31,33,39,45H,3-14,19,29-30,32,34H2,1-2H3/t39?,45-/m0/s1. The van der Waals surface area contributed by atoms with Crippen LogP contribution in [0.2, 0.25) is 5.02 Å². The number of thiophene rings is 1. The number of ether oxygens (including phenoxy) is 2. The van der Waals surface area contributed by atoms with Crippen molar-refractivity contribution in [2.75, 3.05) is 13.2 Å². The molecule has 0 radical (unpaired) electrons. The van der Waals surface area contributed by atoms with Gasteiger partial charge < -0.3 is 9.47 Å². The van der Waals surface area contributed by atoms with Crippen LogP contribution in [0.4, 0.5) is 0 Å². The van der Waals surface area contributed by atoms with E-state index in [0.29, 0.717) is 41.6 Å². The highest BCUT2D eigenvalue weighted by Crippen LogP contribution is 2.38. The lowest BCUT2D eigenvalue weighted by molar-refractivity contribution is -0.151. The SMILES string of the molecule is CCCCCCCCCCCCCCOC(=O)[C@H](c1ccccc1Cl)N1CCc2sc(OC(=O)C(CC)c3ccc(-n4ccc5ccccc5c4=O)cc3)cc2C1. The highest BCUT2D eigenvalue weighted by Gasteiger charge is 2.34. The van der Waals surface area contributed by atoms with Crippen LogP contribution in [0.15, 0.2) is 95.9 Å². The number of unbranched alkanes of at least 4 members (excludes halogenated alkanes) is 11. The van der Waals surface area contributed by atoms with Gasteiger partial charge in [-0.15, -0.1) is 11.3 Å². The third-order valence-corrected chi connectivity index (χ3v) is 12.6. The molecule has 0 bridgehead atoms. The Kier molecular flexibility index (Phi) is 16.0. The third kappa shape index (κ3) is 11.2. The fraction of sp³-hybridized carbons (Fsp3) is 0.438. The smallest absolute Gasteiger partial charge is 0.328 e. The van der Waals surface area contributed by atoms with Crippen molar-refractivity contribution in [1.29, 1.82) is 0 Å². The predicted octanol–water partition coefficient (Wildman–Crippen LogP) is 12.1. The van der Waals surface area contributed by atoms with Crippen LogP contribution in [-0.4, -0.2) is 34.6 Å². The maximum absolute atomic E-state index is 13.8. The normalized spacial score (nSPS) is 13.9. The highest BCUT2D eigenvalue weighted by molar-refractivity contribution is 7.14. The molecule has 9 heteroatoms. The molecular formula is C48H57ClN2O5S. The van der Waals surface area contributed by atoms with Gasteiger partial charge in [-0.05, 0) is 77.7 Å². The van der Waals surface area contributed by atoms with Gasteiger partial charge in [0.15, 0.2) is 5.06 Å². The first-order chi connectivity index (χ1) is 27.9. The van der Waals surface area contributed by atoms with E-state index >= 15 is 0 Å². The van der Waals surface area contributed by atoms with E-state index in [1.807, 2.05) is 91.9 Å². The number of rotatable bonds is 21. The summed E-state index contributed by atoms with van der Waals surface area (Å²) in [5.74, 6) is -1.06. The lowest BCUT2D eigenvalue weighted by atomic mass is 9.96. The van der Waals surface area contributed by atoms with Crippen molar-refractivity contribution in [1.82, 2.24) is 9.47 Å². The number of benzene rings is 3. The molecule has 0 aliphatic carbocycles. The van der Waals surface area contributed by atoms with Crippen LogP contribution in [-0.2, 0) is 27.3 Å². The zero-order valence-corrected chi connectivity index (χ0v) is 35.1. The molecule has 1 aliphatic rings. The molecule has 2 aromatic heterocycles. The minimum atomic E-state index is -0.631. The first-order valence-corrected chi connectivity index (χ1v) is 22.3. The number of halogens is 1. The maximum Gasteiger partial charge on any atom is 0.328 e. The summed E-state index contributed by atoms with van der Waals surface area (Å²) >= 11 is 8.18. The van der Waals surface area contributed by atoms with E-state index in [2.05, 4.69) is 11.8 Å². The number of nitrogens with zero attached hydrogens (tertiary/aromatic N) is 2. The molecule has 0 fully saturated rings. The molecule has 1 aliphatic heterocycles. The Hall–Kier alpha value is -4.24. The summed E-state index contributed by atoms with van der Waals surface area (Å²) in [6.07, 6.45) is 18.1. The van der Waals surface area contributed by atoms with Crippen molar-refractivity contribution in [3.8, 4) is 10.8 Å². The van der Waals surface area contributed by atoms with E-state index in [0.717, 1.165) is 51.9 Å². The van der Waals surface area contributed by atoms with E-state index < -0.39 is 12.0 Å². The largest absolute Gasteiger partial charge is 0.464 e. The fourth-order valence-corrected chi connectivity index (χ4v) is 9.19. The molecular weight excluding hydrogens is 752 g/mol. The second kappa shape index (κ2) is 21.5. The highest BCUT2D eigenvalue weighted by atomic mass is 35.5. The van der Waals surface area contributed by atoms with E-state index in [-0.39, 0.29) is 17.5 Å². The number of esters is 2. The molecule has 3 aromatic carbocycles. The van der Waals surface area contributed by atoms with Crippen molar-refractivity contribution in [3.05, 3.63) is 128 Å². The zero-order valence-electron chi connectivity index (χ0n) is 33.6. The van der Waals surface area contributed by atoms with Gasteiger partial charge in [0.2, 0.25) is 0 Å². The number of pyridine rings is 1. The Morgan fingerprint density at radius 3 is 2.16 bits per heavy atom. The summed E-state index contributed by atoms with van der Waals surface area (Å²) in [6, 6.07) is 25.8. The van der Waals surface area contributed by atoms with Gasteiger partial charge in [0, 0.05) is 40.3 Å². The van der Waals surface area contributed by atoms with Crippen molar-refractivity contribution < 1.29 is 19.1 Å². The molecule has 1 unspecified atom stereocenters. The van der Waals surface area contributed by atoms with E-state index in [4.69, 9.17) is 21.1 Å². The zero-order chi connectivity index (χ0) is 40.0. The minimum Gasteiger partial charge on any atom is -0.464 e. The Labute approximate surface area is 347 Å². The molecule has 0 saturated carbocycles. The number of carbonyl (C=O) groups is 2. The Bertz CT molecular complexity index is 2130. The monoisotopic (exact) mass is 808 g/mol. The van der Waals surface area contributed by atoms with Gasteiger partial charge in [-0.3, -0.25) is 19.1 Å². The molecule has 5 aromatic rings. The van der Waals surface area contributed by atoms with Crippen LogP contribution in [0.5, 0.6) is 5.06 Å². The average molecular weight is 810 g/mol. The summed E-state index contributed by atoms with van der Waals surface area (Å²) in [6.45, 7) is 5.79. The van der Waals surface area contributed by atoms with Gasteiger partial charge in [0.25, 0.3) is 5.56 Å². The van der Waals surface area contributed by atoms with Crippen LogP contribution in [0, 0.1) is 0 Å². The molecule has 2 atom stereocenters. The molecule has 0 spiro atoms. The minimum absolute atomic E-state index is 0.0857. The molecule has 57 heavy (non-hydrogen) atoms. The van der Waals surface area contributed by atoms with Crippen LogP contribution in [0.3, 0.4) is 0 Å². The Morgan fingerprint density at radius 2 is 1.46 bits per heavy atom. The van der Waals surface area contributed by atoms with Crippen molar-refractivity contribution >= 4 is 45.6 Å². The van der Waals surface area contributed by atoms with Crippen molar-refractivity contribution in [3.63, 3.8) is 0 Å². The number of fused-ring (bicyclic) bond motifs is 2. The summed E-state index contributed by atoms with van der Waals surface area (Å²) in [7, 11) is 0. The van der Waals surface area contributed by atoms with Gasteiger partial charge in [-0.1, -0.05) is 145 Å². The van der Waals surface area contributed by atoms with Crippen molar-refractivity contribution in [2.24, 2.45) is 0 Å². The molecule has 302 valence electrons. The summed E-state index contributed by atoms with van der Waals surface area (Å²) in [5, 5.41) is 2.65. The number of hydrogen-bond acceptors (Lipinski definition) is 7. The Morgan fingerprint density at radius 1 is 0.789 bits per heavy atom. The van der Waals surface area contributed by atoms with Gasteiger partial charge in [-0.25, -0.2) is 4.79 Å². The molecule has 7 nitrogen and oxygen atoms in total. The molecule has 6 rings (SSSR count). The second-order valence-electron chi connectivity index (χ2n) is 15.3. The van der Waals surface area contributed by atoms with Crippen LogP contribution in [0.1, 0.15) is 131 Å². The summed E-state index contributed by atoms with van der Waals surface area (Å²) in [5.41, 5.74) is 3.26. The number of carbonyl (C=O) groups excluding carboxylic acids is 2. The van der Waals surface area contributed by atoms with Gasteiger partial charge in [-0.2, -0.15) is 0 Å². The Balaban J connectivity index is 1.03. The lowest BCUT2D eigenvalue weighted by Crippen LogP contribution is -2.38. The van der Waals surface area contributed by atoms with Crippen molar-refractivity contribution in [2.45, 2.75) is 122 Å². The molecule has 0 saturated heterocycles. The second-order valence-corrected chi connectivity index (χ2v) is 16.8. The number of hydrogen-bond donors (Lipinski definition) is 0. The van der Waals surface area contributed by atoms with Gasteiger partial charge >= 0.3 is 11.9 Å². The van der Waals surface area contributed by atoms with Gasteiger partial charge in [0.1, 0.15) is 6.04 Å². The first kappa shape index (κ1) is 42.4. The maximum atomic E-state index is 13.8. The first-order valence-electron chi connectivity index (χ1n) is 21.1. The number of aromatic nitrogens is 1. The summed E-state index contributed by atoms with van der Waals surface area (Å²) in [4.78, 5) is 43.8. The third-order valence-electron chi connectivity index (χ3n) is 11.2. The van der Waals surface area contributed by atoms with Crippen LogP contribution >= 0.6 is 22.9 Å². The molecule has 0 N–H and O–H groups in total. The molecule has 0 amide bonds.